The zero-order chi connectivity index (χ0) is 13.0. The number of nitrogens with two attached hydrogens (primary N) is 1. The summed E-state index contributed by atoms with van der Waals surface area (Å²) in [7, 11) is 0. The molecule has 98 valence electrons. The second-order valence-corrected chi connectivity index (χ2v) is 5.30. The van der Waals surface area contributed by atoms with Crippen molar-refractivity contribution in [2.75, 3.05) is 0 Å². The van der Waals surface area contributed by atoms with Gasteiger partial charge in [-0.3, -0.25) is 4.79 Å². The Hall–Kier alpha value is -1.35. The molecule has 0 aliphatic heterocycles. The summed E-state index contributed by atoms with van der Waals surface area (Å²) in [6.45, 7) is 2.14. The first kappa shape index (κ1) is 13.1. The monoisotopic (exact) mass is 246 g/mol. The average Bonchev–Trinajstić information content (AvgIpc) is 3.10. The van der Waals surface area contributed by atoms with Crippen molar-refractivity contribution in [1.82, 2.24) is 5.32 Å². The number of benzene rings is 1. The maximum Gasteiger partial charge on any atom is 0.240 e. The highest BCUT2D eigenvalue weighted by Gasteiger charge is 2.46. The third-order valence-electron chi connectivity index (χ3n) is 3.54. The summed E-state index contributed by atoms with van der Waals surface area (Å²) in [6, 6.07) is 10.5. The Morgan fingerprint density at radius 1 is 1.39 bits per heavy atom. The summed E-state index contributed by atoms with van der Waals surface area (Å²) in [6.07, 6.45) is 4.59. The van der Waals surface area contributed by atoms with Crippen molar-refractivity contribution in [1.29, 1.82) is 0 Å². The fourth-order valence-electron chi connectivity index (χ4n) is 2.16. The zero-order valence-corrected chi connectivity index (χ0v) is 11.0. The van der Waals surface area contributed by atoms with Crippen LogP contribution in [0.5, 0.6) is 0 Å². The van der Waals surface area contributed by atoms with Gasteiger partial charge in [0.1, 0.15) is 0 Å². The number of carbonyl (C=O) groups is 1. The molecule has 1 aromatic carbocycles. The van der Waals surface area contributed by atoms with Gasteiger partial charge in [-0.15, -0.1) is 0 Å². The van der Waals surface area contributed by atoms with Gasteiger partial charge in [0.2, 0.25) is 5.91 Å². The first-order valence-electron chi connectivity index (χ1n) is 6.78. The van der Waals surface area contributed by atoms with Crippen LogP contribution in [0.3, 0.4) is 0 Å². The van der Waals surface area contributed by atoms with E-state index >= 15 is 0 Å². The Morgan fingerprint density at radius 3 is 2.61 bits per heavy atom. The molecule has 2 rings (SSSR count). The smallest absolute Gasteiger partial charge is 0.240 e. The number of carbonyl (C=O) groups excluding carboxylic acids is 1. The minimum absolute atomic E-state index is 0.0249. The van der Waals surface area contributed by atoms with Crippen LogP contribution in [0.1, 0.15) is 38.2 Å². The van der Waals surface area contributed by atoms with E-state index in [1.807, 2.05) is 18.2 Å². The van der Waals surface area contributed by atoms with Crippen LogP contribution >= 0.6 is 0 Å². The normalized spacial score (nSPS) is 18.1. The minimum atomic E-state index is -0.567. The highest BCUT2D eigenvalue weighted by Crippen LogP contribution is 2.32. The molecule has 1 amide bonds. The van der Waals surface area contributed by atoms with E-state index in [0.29, 0.717) is 0 Å². The lowest BCUT2D eigenvalue weighted by atomic mass is 10.0. The molecule has 0 spiro atoms. The van der Waals surface area contributed by atoms with Crippen LogP contribution in [0.25, 0.3) is 0 Å². The predicted octanol–water partition coefficient (Wildman–Crippen LogP) is 2.01. The Bertz CT molecular complexity index is 398. The van der Waals surface area contributed by atoms with Crippen LogP contribution in [-0.4, -0.2) is 17.5 Å². The second kappa shape index (κ2) is 5.53. The molecule has 18 heavy (non-hydrogen) atoms. The van der Waals surface area contributed by atoms with Gasteiger partial charge >= 0.3 is 0 Å². The Balaban J connectivity index is 1.93. The van der Waals surface area contributed by atoms with Gasteiger partial charge in [0.05, 0.1) is 5.54 Å². The molecule has 1 aliphatic carbocycles. The molecule has 0 bridgehead atoms. The second-order valence-electron chi connectivity index (χ2n) is 5.30. The first-order chi connectivity index (χ1) is 8.64. The van der Waals surface area contributed by atoms with Crippen LogP contribution in [0.4, 0.5) is 0 Å². The van der Waals surface area contributed by atoms with Crippen molar-refractivity contribution in [2.45, 2.75) is 50.6 Å². The molecule has 0 aromatic heterocycles. The SMILES string of the molecule is CCCC(Cc1ccccc1)NC(=O)C1(N)CC1. The molecule has 3 nitrogen and oxygen atoms in total. The summed E-state index contributed by atoms with van der Waals surface area (Å²) >= 11 is 0. The fraction of sp³-hybridized carbons (Fsp3) is 0.533. The van der Waals surface area contributed by atoms with E-state index in [9.17, 15) is 4.79 Å². The molecule has 0 saturated heterocycles. The van der Waals surface area contributed by atoms with E-state index in [1.54, 1.807) is 0 Å². The summed E-state index contributed by atoms with van der Waals surface area (Å²) in [4.78, 5) is 12.0. The van der Waals surface area contributed by atoms with Crippen LogP contribution in [0.15, 0.2) is 30.3 Å². The summed E-state index contributed by atoms with van der Waals surface area (Å²) in [5.74, 6) is 0.0249. The Labute approximate surface area is 109 Å². The van der Waals surface area contributed by atoms with Gasteiger partial charge in [0, 0.05) is 6.04 Å². The van der Waals surface area contributed by atoms with Gasteiger partial charge in [0.15, 0.2) is 0 Å². The quantitative estimate of drug-likeness (QED) is 0.806. The van der Waals surface area contributed by atoms with E-state index < -0.39 is 5.54 Å². The van der Waals surface area contributed by atoms with E-state index in [2.05, 4.69) is 24.4 Å². The largest absolute Gasteiger partial charge is 0.351 e. The van der Waals surface area contributed by atoms with Gasteiger partial charge in [-0.2, -0.15) is 0 Å². The molecule has 0 radical (unpaired) electrons. The van der Waals surface area contributed by atoms with Crippen molar-refractivity contribution < 1.29 is 4.79 Å². The number of rotatable bonds is 6. The summed E-state index contributed by atoms with van der Waals surface area (Å²) in [5.41, 5.74) is 6.61. The third-order valence-corrected chi connectivity index (χ3v) is 3.54. The van der Waals surface area contributed by atoms with Crippen molar-refractivity contribution >= 4 is 5.91 Å². The number of hydrogen-bond donors (Lipinski definition) is 2. The van der Waals surface area contributed by atoms with Crippen LogP contribution in [0, 0.1) is 0 Å². The maximum absolute atomic E-state index is 12.0. The molecule has 1 aliphatic rings. The molecule has 1 aromatic rings. The van der Waals surface area contributed by atoms with Crippen molar-refractivity contribution in [3.05, 3.63) is 35.9 Å². The molecule has 0 heterocycles. The summed E-state index contributed by atoms with van der Waals surface area (Å²) < 4.78 is 0. The third kappa shape index (κ3) is 3.33. The topological polar surface area (TPSA) is 55.1 Å². The Morgan fingerprint density at radius 2 is 2.06 bits per heavy atom. The van der Waals surface area contributed by atoms with Gasteiger partial charge in [0.25, 0.3) is 0 Å². The Kier molecular flexibility index (Phi) is 4.02. The van der Waals surface area contributed by atoms with Crippen molar-refractivity contribution in [3.8, 4) is 0 Å². The lowest BCUT2D eigenvalue weighted by Gasteiger charge is -2.20. The predicted molar refractivity (Wildman–Crippen MR) is 73.1 cm³/mol. The van der Waals surface area contributed by atoms with Gasteiger partial charge in [-0.25, -0.2) is 0 Å². The van der Waals surface area contributed by atoms with Gasteiger partial charge in [-0.1, -0.05) is 43.7 Å². The fourth-order valence-corrected chi connectivity index (χ4v) is 2.16. The molecular formula is C15H22N2O. The van der Waals surface area contributed by atoms with E-state index in [1.165, 1.54) is 5.56 Å². The first-order valence-corrected chi connectivity index (χ1v) is 6.78. The summed E-state index contributed by atoms with van der Waals surface area (Å²) in [5, 5.41) is 3.10. The lowest BCUT2D eigenvalue weighted by Crippen LogP contribution is -2.47. The molecular weight excluding hydrogens is 224 g/mol. The van der Waals surface area contributed by atoms with E-state index in [0.717, 1.165) is 32.1 Å². The van der Waals surface area contributed by atoms with Crippen molar-refractivity contribution in [3.63, 3.8) is 0 Å². The molecule has 1 fully saturated rings. The van der Waals surface area contributed by atoms with Crippen molar-refractivity contribution in [2.24, 2.45) is 5.73 Å². The molecule has 3 N–H and O–H groups in total. The highest BCUT2D eigenvalue weighted by atomic mass is 16.2. The van der Waals surface area contributed by atoms with E-state index in [-0.39, 0.29) is 11.9 Å². The van der Waals surface area contributed by atoms with E-state index in [4.69, 9.17) is 5.73 Å². The van der Waals surface area contributed by atoms with Crippen LogP contribution in [0.2, 0.25) is 0 Å². The molecule has 1 atom stereocenters. The van der Waals surface area contributed by atoms with Crippen LogP contribution in [-0.2, 0) is 11.2 Å². The minimum Gasteiger partial charge on any atom is -0.351 e. The van der Waals surface area contributed by atoms with Gasteiger partial charge < -0.3 is 11.1 Å². The molecule has 1 saturated carbocycles. The lowest BCUT2D eigenvalue weighted by molar-refractivity contribution is -0.124. The number of amides is 1. The standard InChI is InChI=1S/C15H22N2O/c1-2-6-13(11-12-7-4-3-5-8-12)17-14(18)15(16)9-10-15/h3-5,7-8,13H,2,6,9-11,16H2,1H3,(H,17,18). The van der Waals surface area contributed by atoms with Gasteiger partial charge in [-0.05, 0) is 31.2 Å². The maximum atomic E-state index is 12.0. The number of nitrogens with one attached hydrogen (secondary N) is 1. The highest BCUT2D eigenvalue weighted by molar-refractivity contribution is 5.89. The number of hydrogen-bond acceptors (Lipinski definition) is 2. The zero-order valence-electron chi connectivity index (χ0n) is 11.0. The average molecular weight is 246 g/mol. The molecule has 1 unspecified atom stereocenters. The molecule has 3 heteroatoms. The van der Waals surface area contributed by atoms with Crippen LogP contribution < -0.4 is 11.1 Å².